The third-order valence-electron chi connectivity index (χ3n) is 4.21. The van der Waals surface area contributed by atoms with Gasteiger partial charge in [0.25, 0.3) is 5.91 Å². The quantitative estimate of drug-likeness (QED) is 0.713. The molecule has 1 amide bonds. The zero-order valence-corrected chi connectivity index (χ0v) is 17.3. The van der Waals surface area contributed by atoms with Gasteiger partial charge < -0.3 is 14.8 Å². The Labute approximate surface area is 167 Å². The van der Waals surface area contributed by atoms with Crippen LogP contribution < -0.4 is 14.8 Å². The van der Waals surface area contributed by atoms with Crippen LogP contribution in [0.1, 0.15) is 37.4 Å². The second-order valence-corrected chi connectivity index (χ2v) is 8.38. The van der Waals surface area contributed by atoms with Gasteiger partial charge in [-0.1, -0.05) is 23.7 Å². The molecule has 0 fully saturated rings. The van der Waals surface area contributed by atoms with E-state index >= 15 is 0 Å². The zero-order chi connectivity index (χ0) is 18.9. The minimum Gasteiger partial charge on any atom is -0.487 e. The van der Waals surface area contributed by atoms with Crippen molar-refractivity contribution in [3.05, 3.63) is 57.0 Å². The van der Waals surface area contributed by atoms with E-state index in [1.54, 1.807) is 18.2 Å². The fourth-order valence-electron chi connectivity index (χ4n) is 3.06. The second-order valence-electron chi connectivity index (χ2n) is 7.09. The number of rotatable bonds is 4. The number of benzene rings is 2. The van der Waals surface area contributed by atoms with Crippen molar-refractivity contribution in [2.45, 2.75) is 38.8 Å². The number of carbonyl (C=O) groups excluding carboxylic acids is 1. The van der Waals surface area contributed by atoms with Gasteiger partial charge in [0.2, 0.25) is 0 Å². The Hall–Kier alpha value is -1.72. The maximum absolute atomic E-state index is 12.4. The molecule has 2 aromatic rings. The van der Waals surface area contributed by atoms with Crippen molar-refractivity contribution in [2.75, 3.05) is 6.61 Å². The normalized spacial score (nSPS) is 17.8. The van der Waals surface area contributed by atoms with Gasteiger partial charge in [-0.05, 0) is 66.5 Å². The van der Waals surface area contributed by atoms with Crippen LogP contribution in [0, 0.1) is 6.92 Å². The lowest BCUT2D eigenvalue weighted by Gasteiger charge is -2.38. The van der Waals surface area contributed by atoms with Crippen molar-refractivity contribution in [1.29, 1.82) is 0 Å². The highest BCUT2D eigenvalue weighted by atomic mass is 79.9. The van der Waals surface area contributed by atoms with Crippen LogP contribution in [0.3, 0.4) is 0 Å². The fraction of sp³-hybridized carbons (Fsp3) is 0.350. The first-order chi connectivity index (χ1) is 12.2. The van der Waals surface area contributed by atoms with Gasteiger partial charge in [-0.3, -0.25) is 4.79 Å². The highest BCUT2D eigenvalue weighted by Gasteiger charge is 2.34. The van der Waals surface area contributed by atoms with E-state index in [-0.39, 0.29) is 24.2 Å². The summed E-state index contributed by atoms with van der Waals surface area (Å²) < 4.78 is 12.4. The summed E-state index contributed by atoms with van der Waals surface area (Å²) in [6, 6.07) is 11.1. The number of hydrogen-bond acceptors (Lipinski definition) is 3. The molecule has 0 aliphatic carbocycles. The summed E-state index contributed by atoms with van der Waals surface area (Å²) in [5.41, 5.74) is 1.78. The standard InChI is InChI=1S/C20H21BrClNO3/c1-12-4-6-14-16(10-20(2,3)26-18(14)8-12)23-19(24)11-25-17-7-5-13(22)9-15(17)21/h4-9,16H,10-11H2,1-3H3,(H,23,24)/t16-/m1/s1. The van der Waals surface area contributed by atoms with E-state index in [0.717, 1.165) is 16.9 Å². The maximum Gasteiger partial charge on any atom is 0.258 e. The Morgan fingerprint density at radius 1 is 1.35 bits per heavy atom. The van der Waals surface area contributed by atoms with Gasteiger partial charge in [0.15, 0.2) is 6.61 Å². The first kappa shape index (κ1) is 19.1. The molecule has 0 unspecified atom stereocenters. The summed E-state index contributed by atoms with van der Waals surface area (Å²) in [6.45, 7) is 6.01. The van der Waals surface area contributed by atoms with E-state index in [4.69, 9.17) is 21.1 Å². The monoisotopic (exact) mass is 437 g/mol. The molecule has 1 aliphatic heterocycles. The van der Waals surface area contributed by atoms with Gasteiger partial charge in [-0.15, -0.1) is 0 Å². The Morgan fingerprint density at radius 2 is 2.12 bits per heavy atom. The van der Waals surface area contributed by atoms with Crippen LogP contribution in [0.4, 0.5) is 0 Å². The number of carbonyl (C=O) groups is 1. The molecule has 1 N–H and O–H groups in total. The minimum absolute atomic E-state index is 0.0702. The molecule has 0 radical (unpaired) electrons. The van der Waals surface area contributed by atoms with Gasteiger partial charge in [-0.25, -0.2) is 0 Å². The predicted molar refractivity (Wildman–Crippen MR) is 106 cm³/mol. The van der Waals surface area contributed by atoms with Crippen molar-refractivity contribution in [1.82, 2.24) is 5.32 Å². The van der Waals surface area contributed by atoms with E-state index in [9.17, 15) is 4.79 Å². The fourth-order valence-corrected chi connectivity index (χ4v) is 3.86. The Kier molecular flexibility index (Phi) is 5.49. The van der Waals surface area contributed by atoms with Crippen LogP contribution in [0.5, 0.6) is 11.5 Å². The molecule has 2 aromatic carbocycles. The average Bonchev–Trinajstić information content (AvgIpc) is 2.52. The van der Waals surface area contributed by atoms with Crippen LogP contribution in [0.15, 0.2) is 40.9 Å². The van der Waals surface area contributed by atoms with E-state index in [1.165, 1.54) is 0 Å². The molecule has 0 bridgehead atoms. The topological polar surface area (TPSA) is 47.6 Å². The van der Waals surface area contributed by atoms with E-state index < -0.39 is 0 Å². The summed E-state index contributed by atoms with van der Waals surface area (Å²) in [5, 5.41) is 3.67. The maximum atomic E-state index is 12.4. The number of aryl methyl sites for hydroxylation is 1. The summed E-state index contributed by atoms with van der Waals surface area (Å²) in [6.07, 6.45) is 0.694. The Balaban J connectivity index is 1.69. The zero-order valence-electron chi connectivity index (χ0n) is 14.9. The van der Waals surface area contributed by atoms with E-state index in [2.05, 4.69) is 21.2 Å². The third-order valence-corrected chi connectivity index (χ3v) is 5.07. The third kappa shape index (κ3) is 4.51. The molecular formula is C20H21BrClNO3. The predicted octanol–water partition coefficient (Wildman–Crippen LogP) is 5.21. The van der Waals surface area contributed by atoms with Crippen molar-refractivity contribution >= 4 is 33.4 Å². The summed E-state index contributed by atoms with van der Waals surface area (Å²) in [7, 11) is 0. The van der Waals surface area contributed by atoms with Gasteiger partial charge in [0.05, 0.1) is 10.5 Å². The van der Waals surface area contributed by atoms with Crippen molar-refractivity contribution in [3.63, 3.8) is 0 Å². The molecule has 3 rings (SSSR count). The van der Waals surface area contributed by atoms with Crippen LogP contribution in [-0.2, 0) is 4.79 Å². The molecule has 0 spiro atoms. The smallest absolute Gasteiger partial charge is 0.258 e. The number of nitrogens with one attached hydrogen (secondary N) is 1. The Bertz CT molecular complexity index is 838. The summed E-state index contributed by atoms with van der Waals surface area (Å²) in [5.74, 6) is 1.22. The SMILES string of the molecule is Cc1ccc2c(c1)OC(C)(C)C[C@H]2NC(=O)COc1ccc(Cl)cc1Br. The highest BCUT2D eigenvalue weighted by molar-refractivity contribution is 9.10. The van der Waals surface area contributed by atoms with E-state index in [0.29, 0.717) is 21.7 Å². The lowest BCUT2D eigenvalue weighted by Crippen LogP contribution is -2.42. The molecule has 0 aromatic heterocycles. The van der Waals surface area contributed by atoms with E-state index in [1.807, 2.05) is 39.0 Å². The summed E-state index contributed by atoms with van der Waals surface area (Å²) >= 11 is 9.30. The second kappa shape index (κ2) is 7.49. The molecule has 0 saturated carbocycles. The van der Waals surface area contributed by atoms with Crippen molar-refractivity contribution in [3.8, 4) is 11.5 Å². The number of ether oxygens (including phenoxy) is 2. The number of halogens is 2. The van der Waals surface area contributed by atoms with Crippen LogP contribution in [0.2, 0.25) is 5.02 Å². The van der Waals surface area contributed by atoms with Crippen molar-refractivity contribution in [2.24, 2.45) is 0 Å². The molecular weight excluding hydrogens is 418 g/mol. The molecule has 6 heteroatoms. The van der Waals surface area contributed by atoms with Crippen LogP contribution in [0.25, 0.3) is 0 Å². The van der Waals surface area contributed by atoms with Crippen LogP contribution >= 0.6 is 27.5 Å². The minimum atomic E-state index is -0.348. The first-order valence-electron chi connectivity index (χ1n) is 8.40. The largest absolute Gasteiger partial charge is 0.487 e. The van der Waals surface area contributed by atoms with Crippen molar-refractivity contribution < 1.29 is 14.3 Å². The summed E-state index contributed by atoms with van der Waals surface area (Å²) in [4.78, 5) is 12.4. The Morgan fingerprint density at radius 3 is 2.85 bits per heavy atom. The molecule has 0 saturated heterocycles. The van der Waals surface area contributed by atoms with Crippen LogP contribution in [-0.4, -0.2) is 18.1 Å². The molecule has 138 valence electrons. The average molecular weight is 439 g/mol. The number of amides is 1. The molecule has 1 aliphatic rings. The molecule has 1 atom stereocenters. The lowest BCUT2D eigenvalue weighted by atomic mass is 9.89. The number of hydrogen-bond donors (Lipinski definition) is 1. The van der Waals surface area contributed by atoms with Gasteiger partial charge in [0, 0.05) is 17.0 Å². The highest BCUT2D eigenvalue weighted by Crippen LogP contribution is 2.39. The number of fused-ring (bicyclic) bond motifs is 1. The molecule has 26 heavy (non-hydrogen) atoms. The lowest BCUT2D eigenvalue weighted by molar-refractivity contribution is -0.124. The molecule has 1 heterocycles. The van der Waals surface area contributed by atoms with Gasteiger partial charge >= 0.3 is 0 Å². The van der Waals surface area contributed by atoms with Gasteiger partial charge in [-0.2, -0.15) is 0 Å². The molecule has 4 nitrogen and oxygen atoms in total. The van der Waals surface area contributed by atoms with Gasteiger partial charge in [0.1, 0.15) is 17.1 Å². The first-order valence-corrected chi connectivity index (χ1v) is 9.57.